The summed E-state index contributed by atoms with van der Waals surface area (Å²) in [6.45, 7) is 2.77. The lowest BCUT2D eigenvalue weighted by atomic mass is 9.64. The molecule has 1 saturated carbocycles. The molecule has 0 saturated heterocycles. The highest BCUT2D eigenvalue weighted by Gasteiger charge is 2.45. The summed E-state index contributed by atoms with van der Waals surface area (Å²) in [4.78, 5) is 12.9. The third kappa shape index (κ3) is 4.79. The smallest absolute Gasteiger partial charge is 0.262 e. The Morgan fingerprint density at radius 3 is 2.26 bits per heavy atom. The average Bonchev–Trinajstić information content (AvgIpc) is 2.73. The molecule has 0 aromatic heterocycles. The van der Waals surface area contributed by atoms with Crippen LogP contribution in [0.2, 0.25) is 0 Å². The number of hydrogen-bond acceptors (Lipinski definition) is 5. The fraction of sp³-hybridized carbons (Fsp3) is 0.435. The van der Waals surface area contributed by atoms with E-state index in [1.165, 1.54) is 26.4 Å². The molecular formula is C23H30N2O5S. The predicted octanol–water partition coefficient (Wildman–Crippen LogP) is 3.84. The second-order valence-corrected chi connectivity index (χ2v) is 9.43. The van der Waals surface area contributed by atoms with E-state index in [1.807, 2.05) is 12.1 Å². The molecule has 8 heteroatoms. The first-order chi connectivity index (χ1) is 14.9. The SMILES string of the molecule is CCCCNC(=O)C1(c2ccc(NS(=O)(=O)c3ccc(OC)c(OC)c3)cc2)CCC1. The van der Waals surface area contributed by atoms with Crippen molar-refractivity contribution in [2.75, 3.05) is 25.5 Å². The largest absolute Gasteiger partial charge is 0.493 e. The molecule has 2 N–H and O–H groups in total. The monoisotopic (exact) mass is 446 g/mol. The number of nitrogens with one attached hydrogen (secondary N) is 2. The number of ether oxygens (including phenoxy) is 2. The van der Waals surface area contributed by atoms with E-state index in [1.54, 1.807) is 18.2 Å². The fourth-order valence-corrected chi connectivity index (χ4v) is 4.85. The third-order valence-corrected chi connectivity index (χ3v) is 7.19. The molecule has 0 spiro atoms. The third-order valence-electron chi connectivity index (χ3n) is 5.81. The summed E-state index contributed by atoms with van der Waals surface area (Å²) in [6, 6.07) is 11.5. The molecule has 0 bridgehead atoms. The number of sulfonamides is 1. The van der Waals surface area contributed by atoms with Gasteiger partial charge in [-0.3, -0.25) is 9.52 Å². The topological polar surface area (TPSA) is 93.7 Å². The summed E-state index contributed by atoms with van der Waals surface area (Å²) in [7, 11) is -0.863. The van der Waals surface area contributed by atoms with Crippen LogP contribution in [0, 0.1) is 0 Å². The second-order valence-electron chi connectivity index (χ2n) is 7.74. The highest BCUT2D eigenvalue weighted by molar-refractivity contribution is 7.92. The summed E-state index contributed by atoms with van der Waals surface area (Å²) in [6.07, 6.45) is 4.61. The molecule has 168 valence electrons. The number of methoxy groups -OCH3 is 2. The molecule has 0 radical (unpaired) electrons. The zero-order valence-electron chi connectivity index (χ0n) is 18.2. The van der Waals surface area contributed by atoms with E-state index in [0.29, 0.717) is 23.7 Å². The van der Waals surface area contributed by atoms with Gasteiger partial charge in [0.2, 0.25) is 5.91 Å². The molecule has 1 aliphatic carbocycles. The molecule has 0 atom stereocenters. The van der Waals surface area contributed by atoms with E-state index in [-0.39, 0.29) is 10.8 Å². The number of unbranched alkanes of at least 4 members (excludes halogenated alkanes) is 1. The molecule has 31 heavy (non-hydrogen) atoms. The van der Waals surface area contributed by atoms with Gasteiger partial charge < -0.3 is 14.8 Å². The molecule has 2 aromatic rings. The maximum absolute atomic E-state index is 12.8. The summed E-state index contributed by atoms with van der Waals surface area (Å²) >= 11 is 0. The maximum Gasteiger partial charge on any atom is 0.262 e. The minimum Gasteiger partial charge on any atom is -0.493 e. The zero-order chi connectivity index (χ0) is 22.5. The Bertz CT molecular complexity index is 1010. The van der Waals surface area contributed by atoms with Crippen molar-refractivity contribution in [1.82, 2.24) is 5.32 Å². The predicted molar refractivity (Wildman–Crippen MR) is 120 cm³/mol. The summed E-state index contributed by atoms with van der Waals surface area (Å²) in [5.74, 6) is 0.849. The van der Waals surface area contributed by atoms with E-state index in [0.717, 1.165) is 37.7 Å². The molecule has 0 aliphatic heterocycles. The molecule has 1 fully saturated rings. The number of anilines is 1. The normalized spacial score (nSPS) is 14.9. The van der Waals surface area contributed by atoms with Crippen molar-refractivity contribution in [3.05, 3.63) is 48.0 Å². The minimum absolute atomic E-state index is 0.0610. The maximum atomic E-state index is 12.8. The van der Waals surface area contributed by atoms with Crippen LogP contribution in [0.4, 0.5) is 5.69 Å². The van der Waals surface area contributed by atoms with Gasteiger partial charge in [-0.2, -0.15) is 0 Å². The lowest BCUT2D eigenvalue weighted by Gasteiger charge is -2.40. The molecule has 1 amide bonds. The Balaban J connectivity index is 1.76. The van der Waals surface area contributed by atoms with Crippen LogP contribution >= 0.6 is 0 Å². The molecule has 0 heterocycles. The molecule has 3 rings (SSSR count). The minimum atomic E-state index is -3.81. The van der Waals surface area contributed by atoms with Crippen molar-refractivity contribution in [3.8, 4) is 11.5 Å². The highest BCUT2D eigenvalue weighted by atomic mass is 32.2. The molecular weight excluding hydrogens is 416 g/mol. The van der Waals surface area contributed by atoms with Crippen LogP contribution in [0.5, 0.6) is 11.5 Å². The lowest BCUT2D eigenvalue weighted by Crippen LogP contribution is -2.49. The van der Waals surface area contributed by atoms with Crippen molar-refractivity contribution in [1.29, 1.82) is 0 Å². The fourth-order valence-electron chi connectivity index (χ4n) is 3.78. The Morgan fingerprint density at radius 2 is 1.71 bits per heavy atom. The van der Waals surface area contributed by atoms with Gasteiger partial charge >= 0.3 is 0 Å². The van der Waals surface area contributed by atoms with Crippen molar-refractivity contribution >= 4 is 21.6 Å². The summed E-state index contributed by atoms with van der Waals surface area (Å²) in [5, 5.41) is 3.05. The Hall–Kier alpha value is -2.74. The Morgan fingerprint density at radius 1 is 1.03 bits per heavy atom. The van der Waals surface area contributed by atoms with E-state index in [4.69, 9.17) is 9.47 Å². The van der Waals surface area contributed by atoms with Gasteiger partial charge in [0.05, 0.1) is 24.5 Å². The van der Waals surface area contributed by atoms with E-state index < -0.39 is 15.4 Å². The van der Waals surface area contributed by atoms with Gasteiger partial charge in [-0.15, -0.1) is 0 Å². The first-order valence-corrected chi connectivity index (χ1v) is 12.0. The standard InChI is InChI=1S/C23H30N2O5S/c1-4-5-15-24-22(26)23(13-6-14-23)17-7-9-18(10-8-17)25-31(27,28)19-11-12-20(29-2)21(16-19)30-3/h7-12,16,25H,4-6,13-15H2,1-3H3,(H,24,26). The van der Waals surface area contributed by atoms with Crippen LogP contribution in [-0.2, 0) is 20.2 Å². The van der Waals surface area contributed by atoms with Crippen LogP contribution in [0.25, 0.3) is 0 Å². The number of amides is 1. The summed E-state index contributed by atoms with van der Waals surface area (Å²) < 4.78 is 38.5. The number of rotatable bonds is 10. The zero-order valence-corrected chi connectivity index (χ0v) is 19.1. The van der Waals surface area contributed by atoms with Gasteiger partial charge in [-0.25, -0.2) is 8.42 Å². The Kier molecular flexibility index (Phi) is 7.10. The highest BCUT2D eigenvalue weighted by Crippen LogP contribution is 2.44. The first-order valence-electron chi connectivity index (χ1n) is 10.5. The quantitative estimate of drug-likeness (QED) is 0.541. The lowest BCUT2D eigenvalue weighted by molar-refractivity contribution is -0.129. The van der Waals surface area contributed by atoms with E-state index >= 15 is 0 Å². The van der Waals surface area contributed by atoms with Crippen molar-refractivity contribution in [3.63, 3.8) is 0 Å². The van der Waals surface area contributed by atoms with E-state index in [2.05, 4.69) is 17.0 Å². The van der Waals surface area contributed by atoms with Crippen molar-refractivity contribution in [2.45, 2.75) is 49.3 Å². The van der Waals surface area contributed by atoms with Crippen LogP contribution in [0.15, 0.2) is 47.4 Å². The van der Waals surface area contributed by atoms with Crippen molar-refractivity contribution in [2.24, 2.45) is 0 Å². The van der Waals surface area contributed by atoms with Gasteiger partial charge in [0.25, 0.3) is 10.0 Å². The van der Waals surface area contributed by atoms with Crippen LogP contribution in [0.1, 0.15) is 44.6 Å². The van der Waals surface area contributed by atoms with E-state index in [9.17, 15) is 13.2 Å². The first kappa shape index (κ1) is 22.9. The number of carbonyl (C=O) groups is 1. The van der Waals surface area contributed by atoms with Gasteiger partial charge in [0.1, 0.15) is 0 Å². The molecule has 7 nitrogen and oxygen atoms in total. The number of carbonyl (C=O) groups excluding carboxylic acids is 1. The van der Waals surface area contributed by atoms with Crippen LogP contribution in [-0.4, -0.2) is 35.1 Å². The second kappa shape index (κ2) is 9.60. The Labute approximate surface area is 184 Å². The number of benzene rings is 2. The van der Waals surface area contributed by atoms with Crippen molar-refractivity contribution < 1.29 is 22.7 Å². The summed E-state index contributed by atoms with van der Waals surface area (Å²) in [5.41, 5.74) is 0.843. The average molecular weight is 447 g/mol. The van der Waals surface area contributed by atoms with Crippen LogP contribution in [0.3, 0.4) is 0 Å². The molecule has 1 aliphatic rings. The molecule has 2 aromatic carbocycles. The number of hydrogen-bond donors (Lipinski definition) is 2. The molecule has 0 unspecified atom stereocenters. The van der Waals surface area contributed by atoms with Gasteiger partial charge in [0.15, 0.2) is 11.5 Å². The van der Waals surface area contributed by atoms with Crippen LogP contribution < -0.4 is 19.5 Å². The van der Waals surface area contributed by atoms with Gasteiger partial charge in [-0.05, 0) is 49.1 Å². The van der Waals surface area contributed by atoms with Gasteiger partial charge in [0, 0.05) is 18.3 Å². The van der Waals surface area contributed by atoms with Gasteiger partial charge in [-0.1, -0.05) is 31.9 Å².